The summed E-state index contributed by atoms with van der Waals surface area (Å²) in [5.41, 5.74) is 2.99. The van der Waals surface area contributed by atoms with Crippen molar-refractivity contribution in [3.8, 4) is 0 Å². The van der Waals surface area contributed by atoms with Crippen LogP contribution in [-0.4, -0.2) is 25.5 Å². The molecule has 0 unspecified atom stereocenters. The van der Waals surface area contributed by atoms with Crippen LogP contribution in [0.15, 0.2) is 60.7 Å². The zero-order valence-electron chi connectivity index (χ0n) is 23.6. The van der Waals surface area contributed by atoms with Crippen LogP contribution in [0.5, 0.6) is 0 Å². The molecule has 0 aliphatic rings. The summed E-state index contributed by atoms with van der Waals surface area (Å²) in [6.45, 7) is 1.25. The molecule has 2 aromatic rings. The van der Waals surface area contributed by atoms with Crippen LogP contribution in [0.4, 0.5) is 0 Å². The quantitative estimate of drug-likeness (QED) is 0.0953. The molecule has 36 heavy (non-hydrogen) atoms. The van der Waals surface area contributed by atoms with E-state index in [0.717, 1.165) is 5.92 Å². The molecule has 2 aromatic carbocycles. The molecule has 0 atom stereocenters. The fourth-order valence-corrected chi connectivity index (χ4v) is 5.33. The summed E-state index contributed by atoms with van der Waals surface area (Å²) in [6, 6.07) is 22.2. The number of hydrogen-bond acceptors (Lipinski definition) is 1. The first kappa shape index (κ1) is 33.2. The number of benzene rings is 2. The van der Waals surface area contributed by atoms with E-state index in [1.54, 1.807) is 0 Å². The third kappa shape index (κ3) is 18.4. The lowest BCUT2D eigenvalue weighted by atomic mass is 9.88. The molecule has 0 spiro atoms. The molecule has 0 bridgehead atoms. The number of nitrogens with zero attached hydrogens (tertiary/aromatic N) is 1. The van der Waals surface area contributed by atoms with Crippen LogP contribution in [0, 0.1) is 5.92 Å². The molecule has 0 aromatic heterocycles. The van der Waals surface area contributed by atoms with Gasteiger partial charge in [0.05, 0.1) is 0 Å². The van der Waals surface area contributed by atoms with Crippen molar-refractivity contribution in [2.45, 2.75) is 116 Å². The first-order chi connectivity index (χ1) is 17.2. The SMILES string of the molecule is CN(C)CCCCCCCCCCCCCCCCCC(Cc1ccccc1)Cc1ccccc1.I. The van der Waals surface area contributed by atoms with E-state index in [1.807, 2.05) is 0 Å². The number of halogens is 1. The second kappa shape index (κ2) is 23.3. The van der Waals surface area contributed by atoms with E-state index in [-0.39, 0.29) is 24.0 Å². The van der Waals surface area contributed by atoms with Gasteiger partial charge in [0.25, 0.3) is 0 Å². The second-order valence-electron chi connectivity index (χ2n) is 11.1. The summed E-state index contributed by atoms with van der Waals surface area (Å²) in [5, 5.41) is 0. The van der Waals surface area contributed by atoms with Gasteiger partial charge in [0, 0.05) is 0 Å². The molecule has 0 aliphatic heterocycles. The van der Waals surface area contributed by atoms with Gasteiger partial charge in [0.1, 0.15) is 0 Å². The first-order valence-electron chi connectivity index (χ1n) is 15.0. The van der Waals surface area contributed by atoms with E-state index in [0.29, 0.717) is 0 Å². The van der Waals surface area contributed by atoms with E-state index >= 15 is 0 Å². The standard InChI is InChI=1S/C34H55N.HI/c1-35(2)29-23-15-13-11-9-7-5-3-4-6-8-10-12-14-18-28-34(30-32-24-19-16-20-25-32)31-33-26-21-17-22-27-33;/h16-17,19-22,24-27,34H,3-15,18,23,28-31H2,1-2H3;1H. The molecular weight excluding hydrogens is 549 g/mol. The highest BCUT2D eigenvalue weighted by Gasteiger charge is 2.11. The van der Waals surface area contributed by atoms with Crippen molar-refractivity contribution in [1.29, 1.82) is 0 Å². The third-order valence-electron chi connectivity index (χ3n) is 7.45. The predicted octanol–water partition coefficient (Wildman–Crippen LogP) is 10.5. The number of unbranched alkanes of at least 4 members (excludes halogenated alkanes) is 14. The number of hydrogen-bond donors (Lipinski definition) is 0. The van der Waals surface area contributed by atoms with Gasteiger partial charge in [-0.2, -0.15) is 0 Å². The first-order valence-corrected chi connectivity index (χ1v) is 15.0. The summed E-state index contributed by atoms with van der Waals surface area (Å²) < 4.78 is 0. The minimum atomic E-state index is 0. The van der Waals surface area contributed by atoms with E-state index in [2.05, 4.69) is 79.7 Å². The highest BCUT2D eigenvalue weighted by atomic mass is 127. The van der Waals surface area contributed by atoms with Gasteiger partial charge in [0.15, 0.2) is 0 Å². The maximum Gasteiger partial charge on any atom is -0.00248 e. The largest absolute Gasteiger partial charge is 0.309 e. The molecule has 0 radical (unpaired) electrons. The molecule has 1 nitrogen and oxygen atoms in total. The van der Waals surface area contributed by atoms with Crippen molar-refractivity contribution in [2.75, 3.05) is 20.6 Å². The number of rotatable bonds is 22. The summed E-state index contributed by atoms with van der Waals surface area (Å²) in [7, 11) is 4.35. The molecule has 0 saturated heterocycles. The molecule has 2 rings (SSSR count). The lowest BCUT2D eigenvalue weighted by Gasteiger charge is -2.17. The topological polar surface area (TPSA) is 3.24 Å². The minimum Gasteiger partial charge on any atom is -0.309 e. The summed E-state index contributed by atoms with van der Waals surface area (Å²) in [5.74, 6) is 0.762. The van der Waals surface area contributed by atoms with Gasteiger partial charge in [-0.15, -0.1) is 24.0 Å². The van der Waals surface area contributed by atoms with E-state index in [9.17, 15) is 0 Å². The predicted molar refractivity (Wildman–Crippen MR) is 172 cm³/mol. The molecule has 0 fully saturated rings. The Labute approximate surface area is 241 Å². The third-order valence-corrected chi connectivity index (χ3v) is 7.45. The van der Waals surface area contributed by atoms with Crippen molar-refractivity contribution in [2.24, 2.45) is 5.92 Å². The highest BCUT2D eigenvalue weighted by Crippen LogP contribution is 2.22. The Morgan fingerprint density at radius 1 is 0.472 bits per heavy atom. The van der Waals surface area contributed by atoms with E-state index in [4.69, 9.17) is 0 Å². The second-order valence-corrected chi connectivity index (χ2v) is 11.1. The Morgan fingerprint density at radius 2 is 0.806 bits per heavy atom. The van der Waals surface area contributed by atoms with Crippen LogP contribution < -0.4 is 0 Å². The van der Waals surface area contributed by atoms with Gasteiger partial charge in [-0.1, -0.05) is 151 Å². The fraction of sp³-hybridized carbons (Fsp3) is 0.647. The molecule has 2 heteroatoms. The highest BCUT2D eigenvalue weighted by molar-refractivity contribution is 14.0. The fourth-order valence-electron chi connectivity index (χ4n) is 5.33. The zero-order valence-corrected chi connectivity index (χ0v) is 26.0. The molecule has 0 N–H and O–H groups in total. The normalized spacial score (nSPS) is 11.2. The maximum atomic E-state index is 2.30. The Balaban J connectivity index is 0.00000648. The summed E-state index contributed by atoms with van der Waals surface area (Å²) >= 11 is 0. The van der Waals surface area contributed by atoms with Gasteiger partial charge in [-0.3, -0.25) is 0 Å². The Hall–Kier alpha value is -0.870. The van der Waals surface area contributed by atoms with Crippen molar-refractivity contribution in [3.05, 3.63) is 71.8 Å². The van der Waals surface area contributed by atoms with Crippen LogP contribution in [0.3, 0.4) is 0 Å². The summed E-state index contributed by atoms with van der Waals surface area (Å²) in [4.78, 5) is 2.30. The van der Waals surface area contributed by atoms with Gasteiger partial charge in [0.2, 0.25) is 0 Å². The average molecular weight is 606 g/mol. The molecule has 0 aliphatic carbocycles. The lowest BCUT2D eigenvalue weighted by molar-refractivity contribution is 0.389. The zero-order chi connectivity index (χ0) is 24.8. The molecule has 0 heterocycles. The van der Waals surface area contributed by atoms with Crippen LogP contribution >= 0.6 is 24.0 Å². The lowest BCUT2D eigenvalue weighted by Crippen LogP contribution is -2.12. The average Bonchev–Trinajstić information content (AvgIpc) is 2.87. The van der Waals surface area contributed by atoms with Crippen LogP contribution in [0.2, 0.25) is 0 Å². The maximum absolute atomic E-state index is 2.30. The Kier molecular flexibility index (Phi) is 21.4. The minimum absolute atomic E-state index is 0. The van der Waals surface area contributed by atoms with Crippen molar-refractivity contribution >= 4 is 24.0 Å². The monoisotopic (exact) mass is 605 g/mol. The van der Waals surface area contributed by atoms with Crippen molar-refractivity contribution in [3.63, 3.8) is 0 Å². The van der Waals surface area contributed by atoms with Gasteiger partial charge in [-0.25, -0.2) is 0 Å². The van der Waals surface area contributed by atoms with Crippen LogP contribution in [0.25, 0.3) is 0 Å². The van der Waals surface area contributed by atoms with Crippen LogP contribution in [-0.2, 0) is 12.8 Å². The van der Waals surface area contributed by atoms with Gasteiger partial charge in [-0.05, 0) is 63.4 Å². The molecule has 0 amide bonds. The molecule has 204 valence electrons. The van der Waals surface area contributed by atoms with Gasteiger partial charge < -0.3 is 4.90 Å². The van der Waals surface area contributed by atoms with E-state index in [1.165, 1.54) is 133 Å². The van der Waals surface area contributed by atoms with E-state index < -0.39 is 0 Å². The molecular formula is C34H56IN. The van der Waals surface area contributed by atoms with Crippen molar-refractivity contribution < 1.29 is 0 Å². The summed E-state index contributed by atoms with van der Waals surface area (Å²) in [6.07, 6.45) is 25.3. The van der Waals surface area contributed by atoms with Crippen molar-refractivity contribution in [1.82, 2.24) is 4.90 Å². The van der Waals surface area contributed by atoms with Gasteiger partial charge >= 0.3 is 0 Å². The van der Waals surface area contributed by atoms with Crippen LogP contribution in [0.1, 0.15) is 114 Å². The smallest absolute Gasteiger partial charge is 0.00248 e. The Bertz CT molecular complexity index is 658. The Morgan fingerprint density at radius 3 is 1.17 bits per heavy atom. The molecule has 0 saturated carbocycles.